The number of hydrogen-bond donors (Lipinski definition) is 3. The summed E-state index contributed by atoms with van der Waals surface area (Å²) in [5.74, 6) is -1.57. The fourth-order valence-corrected chi connectivity index (χ4v) is 6.33. The van der Waals surface area contributed by atoms with Gasteiger partial charge in [-0.25, -0.2) is 9.97 Å². The van der Waals surface area contributed by atoms with Crippen LogP contribution in [0.15, 0.2) is 18.3 Å². The number of carbonyl (C=O) groups is 3. The third kappa shape index (κ3) is 6.86. The maximum absolute atomic E-state index is 13.3. The first-order valence-corrected chi connectivity index (χ1v) is 13.7. The molecule has 4 atom stereocenters. The van der Waals surface area contributed by atoms with Crippen LogP contribution in [0.4, 0.5) is 5.82 Å². The van der Waals surface area contributed by atoms with Crippen LogP contribution in [0.2, 0.25) is 5.02 Å². The fraction of sp³-hybridized carbons (Fsp3) is 0.560. The fourth-order valence-electron chi connectivity index (χ4n) is 5.13. The second-order valence-corrected chi connectivity index (χ2v) is 11.5. The SMILES string of the molecule is COC(C1CCC(NC(=O)C(=O)Nc2ccc(Cl)cn2)C(NC(=O)c2nc3c(s2)CN(C)CC3)C1)N(C)C. The smallest absolute Gasteiger partial charge is 0.314 e. The Balaban J connectivity index is 1.46. The summed E-state index contributed by atoms with van der Waals surface area (Å²) in [5, 5.41) is 9.23. The van der Waals surface area contributed by atoms with Gasteiger partial charge in [-0.15, -0.1) is 11.3 Å². The Labute approximate surface area is 231 Å². The van der Waals surface area contributed by atoms with Crippen LogP contribution < -0.4 is 16.0 Å². The Morgan fingerprint density at radius 2 is 1.97 bits per heavy atom. The molecule has 4 rings (SSSR count). The van der Waals surface area contributed by atoms with Crippen molar-refractivity contribution in [2.75, 3.05) is 40.1 Å². The molecule has 3 N–H and O–H groups in total. The van der Waals surface area contributed by atoms with E-state index in [1.165, 1.54) is 23.6 Å². The van der Waals surface area contributed by atoms with Crippen molar-refractivity contribution >= 4 is 46.5 Å². The first-order chi connectivity index (χ1) is 18.1. The summed E-state index contributed by atoms with van der Waals surface area (Å²) in [4.78, 5) is 52.5. The van der Waals surface area contributed by atoms with Crippen LogP contribution in [0.5, 0.6) is 0 Å². The van der Waals surface area contributed by atoms with Crippen LogP contribution in [0, 0.1) is 5.92 Å². The zero-order valence-corrected chi connectivity index (χ0v) is 23.6. The van der Waals surface area contributed by atoms with E-state index in [-0.39, 0.29) is 23.9 Å². The molecular formula is C25H34ClN7O4S. The van der Waals surface area contributed by atoms with Gasteiger partial charge in [0, 0.05) is 55.7 Å². The van der Waals surface area contributed by atoms with E-state index in [4.69, 9.17) is 16.3 Å². The molecule has 2 aliphatic rings. The minimum Gasteiger partial charge on any atom is -0.366 e. The van der Waals surface area contributed by atoms with Crippen LogP contribution in [0.25, 0.3) is 0 Å². The molecule has 0 saturated heterocycles. The molecular weight excluding hydrogens is 530 g/mol. The second-order valence-electron chi connectivity index (χ2n) is 10.0. The summed E-state index contributed by atoms with van der Waals surface area (Å²) >= 11 is 7.24. The Bertz CT molecular complexity index is 1160. The highest BCUT2D eigenvalue weighted by atomic mass is 35.5. The van der Waals surface area contributed by atoms with Crippen LogP contribution in [0.3, 0.4) is 0 Å². The molecule has 2 aromatic rings. The van der Waals surface area contributed by atoms with Gasteiger partial charge < -0.3 is 25.6 Å². The number of methoxy groups -OCH3 is 1. The van der Waals surface area contributed by atoms with E-state index >= 15 is 0 Å². The molecule has 3 heterocycles. The van der Waals surface area contributed by atoms with E-state index in [1.54, 1.807) is 13.2 Å². The largest absolute Gasteiger partial charge is 0.366 e. The van der Waals surface area contributed by atoms with E-state index in [0.29, 0.717) is 22.9 Å². The first kappa shape index (κ1) is 28.4. The van der Waals surface area contributed by atoms with Gasteiger partial charge in [0.05, 0.1) is 10.7 Å². The van der Waals surface area contributed by atoms with Crippen molar-refractivity contribution in [3.63, 3.8) is 0 Å². The predicted molar refractivity (Wildman–Crippen MR) is 145 cm³/mol. The summed E-state index contributed by atoms with van der Waals surface area (Å²) in [6.07, 6.45) is 3.95. The number of nitrogens with zero attached hydrogens (tertiary/aromatic N) is 4. The number of pyridine rings is 1. The van der Waals surface area contributed by atoms with E-state index in [1.807, 2.05) is 26.0 Å². The minimum atomic E-state index is -0.841. The predicted octanol–water partition coefficient (Wildman–Crippen LogP) is 1.74. The maximum Gasteiger partial charge on any atom is 0.314 e. The van der Waals surface area contributed by atoms with Crippen LogP contribution in [-0.4, -0.2) is 90.6 Å². The summed E-state index contributed by atoms with van der Waals surface area (Å²) in [6.45, 7) is 1.69. The molecule has 13 heteroatoms. The number of likely N-dealkylation sites (N-methyl/N-ethyl adjacent to an activating group) is 1. The first-order valence-electron chi connectivity index (χ1n) is 12.5. The highest BCUT2D eigenvalue weighted by Crippen LogP contribution is 2.31. The number of nitrogens with one attached hydrogen (secondary N) is 3. The molecule has 38 heavy (non-hydrogen) atoms. The third-order valence-corrected chi connectivity index (χ3v) is 8.27. The van der Waals surface area contributed by atoms with Crippen molar-refractivity contribution in [1.82, 2.24) is 30.4 Å². The third-order valence-electron chi connectivity index (χ3n) is 6.97. The Morgan fingerprint density at radius 1 is 1.18 bits per heavy atom. The molecule has 1 aliphatic heterocycles. The molecule has 4 unspecified atom stereocenters. The van der Waals surface area contributed by atoms with Crippen LogP contribution >= 0.6 is 22.9 Å². The average Bonchev–Trinajstić information content (AvgIpc) is 3.30. The Morgan fingerprint density at radius 3 is 2.66 bits per heavy atom. The maximum atomic E-state index is 13.3. The van der Waals surface area contributed by atoms with Gasteiger partial charge in [0.25, 0.3) is 5.91 Å². The highest BCUT2D eigenvalue weighted by Gasteiger charge is 2.38. The summed E-state index contributed by atoms with van der Waals surface area (Å²) in [7, 11) is 7.61. The lowest BCUT2D eigenvalue weighted by Crippen LogP contribution is -2.57. The normalized spacial score (nSPS) is 22.4. The van der Waals surface area contributed by atoms with Gasteiger partial charge in [0.1, 0.15) is 12.0 Å². The van der Waals surface area contributed by atoms with Gasteiger partial charge >= 0.3 is 11.8 Å². The molecule has 0 bridgehead atoms. The topological polar surface area (TPSA) is 129 Å². The lowest BCUT2D eigenvalue weighted by atomic mass is 9.80. The number of rotatable bonds is 7. The van der Waals surface area contributed by atoms with Gasteiger partial charge in [-0.1, -0.05) is 11.6 Å². The van der Waals surface area contributed by atoms with E-state index in [9.17, 15) is 14.4 Å². The Hall–Kier alpha value is -2.64. The van der Waals surface area contributed by atoms with Gasteiger partial charge in [-0.3, -0.25) is 19.3 Å². The molecule has 1 saturated carbocycles. The summed E-state index contributed by atoms with van der Waals surface area (Å²) in [6, 6.07) is 2.24. The van der Waals surface area contributed by atoms with Crippen molar-refractivity contribution in [2.24, 2.45) is 5.92 Å². The van der Waals surface area contributed by atoms with Crippen molar-refractivity contribution < 1.29 is 19.1 Å². The number of ether oxygens (including phenoxy) is 1. The lowest BCUT2D eigenvalue weighted by molar-refractivity contribution is -0.137. The van der Waals surface area contributed by atoms with E-state index in [0.717, 1.165) is 36.5 Å². The van der Waals surface area contributed by atoms with Gasteiger partial charge in [0.2, 0.25) is 0 Å². The number of amides is 3. The number of anilines is 1. The van der Waals surface area contributed by atoms with Crippen LogP contribution in [-0.2, 0) is 27.3 Å². The van der Waals surface area contributed by atoms with Crippen LogP contribution in [0.1, 0.15) is 39.6 Å². The number of fused-ring (bicyclic) bond motifs is 1. The monoisotopic (exact) mass is 563 g/mol. The van der Waals surface area contributed by atoms with Crippen molar-refractivity contribution in [2.45, 2.75) is 50.5 Å². The minimum absolute atomic E-state index is 0.124. The second kappa shape index (κ2) is 12.5. The Kier molecular flexibility index (Phi) is 9.32. The zero-order chi connectivity index (χ0) is 27.4. The van der Waals surface area contributed by atoms with E-state index < -0.39 is 23.9 Å². The number of hydrogen-bond acceptors (Lipinski definition) is 9. The number of aromatic nitrogens is 2. The number of halogens is 1. The molecule has 11 nitrogen and oxygen atoms in total. The van der Waals surface area contributed by atoms with Crippen molar-refractivity contribution in [3.8, 4) is 0 Å². The number of carbonyl (C=O) groups excluding carboxylic acids is 3. The molecule has 0 spiro atoms. The highest BCUT2D eigenvalue weighted by molar-refractivity contribution is 7.13. The lowest BCUT2D eigenvalue weighted by Gasteiger charge is -2.41. The van der Waals surface area contributed by atoms with Gasteiger partial charge in [0.15, 0.2) is 5.01 Å². The molecule has 206 valence electrons. The molecule has 1 aliphatic carbocycles. The van der Waals surface area contributed by atoms with Crippen molar-refractivity contribution in [3.05, 3.63) is 38.9 Å². The molecule has 3 amide bonds. The van der Waals surface area contributed by atoms with Gasteiger partial charge in [-0.2, -0.15) is 0 Å². The molecule has 0 aromatic carbocycles. The summed E-state index contributed by atoms with van der Waals surface area (Å²) in [5.41, 5.74) is 0.976. The zero-order valence-electron chi connectivity index (χ0n) is 22.0. The van der Waals surface area contributed by atoms with Crippen molar-refractivity contribution in [1.29, 1.82) is 0 Å². The van der Waals surface area contributed by atoms with Gasteiger partial charge in [-0.05, 0) is 52.5 Å². The molecule has 0 radical (unpaired) electrons. The standard InChI is InChI=1S/C25H34ClN7O4S/c1-32(2)25(37-4)14-5-7-16(28-21(34)22(35)31-20-8-6-15(26)12-27-20)18(11-14)29-23(36)24-30-17-9-10-33(3)13-19(17)38-24/h6,8,12,14,16,18,25H,5,7,9-11,13H2,1-4H3,(H,28,34)(H,29,36)(H,27,31,35). The number of thiazole rings is 1. The average molecular weight is 564 g/mol. The molecule has 2 aromatic heterocycles. The van der Waals surface area contributed by atoms with E-state index in [2.05, 4.69) is 30.8 Å². The molecule has 1 fully saturated rings. The summed E-state index contributed by atoms with van der Waals surface area (Å²) < 4.78 is 5.71. The quantitative estimate of drug-likeness (QED) is 0.343.